The van der Waals surface area contributed by atoms with E-state index in [-0.39, 0.29) is 16.9 Å². The first-order valence-corrected chi connectivity index (χ1v) is 8.61. The fourth-order valence-electron chi connectivity index (χ4n) is 2.62. The molecule has 2 rings (SSSR count). The highest BCUT2D eigenvalue weighted by atomic mass is 16.5. The summed E-state index contributed by atoms with van der Waals surface area (Å²) >= 11 is 0. The van der Waals surface area contributed by atoms with Gasteiger partial charge in [-0.05, 0) is 31.6 Å². The van der Waals surface area contributed by atoms with Crippen molar-refractivity contribution < 1.29 is 4.74 Å². The van der Waals surface area contributed by atoms with Gasteiger partial charge in [0.1, 0.15) is 29.4 Å². The number of ether oxygens (including phenoxy) is 1. The highest BCUT2D eigenvalue weighted by molar-refractivity contribution is 5.60. The van der Waals surface area contributed by atoms with E-state index in [1.165, 1.54) is 0 Å². The molecule has 0 saturated carbocycles. The summed E-state index contributed by atoms with van der Waals surface area (Å²) in [6, 6.07) is 5.61. The lowest BCUT2D eigenvalue weighted by Crippen LogP contribution is -2.20. The highest BCUT2D eigenvalue weighted by Gasteiger charge is 2.38. The third kappa shape index (κ3) is 4.79. The summed E-state index contributed by atoms with van der Waals surface area (Å²) < 4.78 is 5.70. The van der Waals surface area contributed by atoms with Crippen molar-refractivity contribution in [2.45, 2.75) is 19.4 Å². The number of nitrogens with zero attached hydrogens (tertiary/aromatic N) is 4. The Morgan fingerprint density at radius 2 is 1.61 bits per heavy atom. The first-order valence-electron chi connectivity index (χ1n) is 8.61. The number of allylic oxidation sites excluding steroid dienone is 11. The minimum absolute atomic E-state index is 0.0480. The molecule has 5 heteroatoms. The van der Waals surface area contributed by atoms with Crippen LogP contribution in [0.25, 0.3) is 0 Å². The van der Waals surface area contributed by atoms with Crippen LogP contribution in [0, 0.1) is 34.0 Å². The Bertz CT molecular complexity index is 974. The molecule has 28 heavy (non-hydrogen) atoms. The zero-order valence-corrected chi connectivity index (χ0v) is 16.0. The summed E-state index contributed by atoms with van der Waals surface area (Å²) in [5.74, 6) is 0.0480. The van der Waals surface area contributed by atoms with Crippen LogP contribution in [0.2, 0.25) is 0 Å². The fourth-order valence-corrected chi connectivity index (χ4v) is 2.62. The van der Waals surface area contributed by atoms with Crippen LogP contribution in [-0.4, -0.2) is 17.5 Å². The third-order valence-electron chi connectivity index (χ3n) is 4.06. The van der Waals surface area contributed by atoms with Gasteiger partial charge >= 0.3 is 0 Å². The summed E-state index contributed by atoms with van der Waals surface area (Å²) in [4.78, 5) is 1.97. The normalized spacial score (nSPS) is 17.9. The predicted molar refractivity (Wildman–Crippen MR) is 108 cm³/mol. The average molecular weight is 368 g/mol. The van der Waals surface area contributed by atoms with Gasteiger partial charge in [-0.25, -0.2) is 0 Å². The molecule has 0 aliphatic carbocycles. The highest BCUT2D eigenvalue weighted by Crippen LogP contribution is 2.40. The van der Waals surface area contributed by atoms with Crippen molar-refractivity contribution in [3.05, 3.63) is 95.1 Å². The zero-order chi connectivity index (χ0) is 20.6. The average Bonchev–Trinajstić information content (AvgIpc) is 2.93. The summed E-state index contributed by atoms with van der Waals surface area (Å²) in [7, 11) is 1.97. The lowest BCUT2D eigenvalue weighted by atomic mass is 9.95. The van der Waals surface area contributed by atoms with Crippen LogP contribution in [0.1, 0.15) is 13.8 Å². The van der Waals surface area contributed by atoms with Crippen molar-refractivity contribution in [2.24, 2.45) is 0 Å². The molecule has 0 aromatic heterocycles. The van der Waals surface area contributed by atoms with Crippen LogP contribution >= 0.6 is 0 Å². The van der Waals surface area contributed by atoms with Gasteiger partial charge in [0, 0.05) is 25.0 Å². The molecule has 5 nitrogen and oxygen atoms in total. The van der Waals surface area contributed by atoms with Crippen molar-refractivity contribution in [3.8, 4) is 18.2 Å². The first kappa shape index (κ1) is 20.3. The second-order valence-electron chi connectivity index (χ2n) is 6.53. The second-order valence-corrected chi connectivity index (χ2v) is 6.53. The predicted octanol–water partition coefficient (Wildman–Crippen LogP) is 4.48. The van der Waals surface area contributed by atoms with Gasteiger partial charge in [0.15, 0.2) is 11.3 Å². The van der Waals surface area contributed by atoms with E-state index in [2.05, 4.69) is 6.07 Å². The Balaban J connectivity index is 2.14. The number of nitriles is 3. The van der Waals surface area contributed by atoms with E-state index in [0.717, 1.165) is 5.57 Å². The number of rotatable bonds is 4. The Morgan fingerprint density at radius 1 is 1.00 bits per heavy atom. The molecule has 0 fully saturated rings. The minimum Gasteiger partial charge on any atom is -0.480 e. The van der Waals surface area contributed by atoms with Gasteiger partial charge in [0.05, 0.1) is 0 Å². The van der Waals surface area contributed by atoms with E-state index in [0.29, 0.717) is 5.57 Å². The molecular formula is C23H20N4O. The molecule has 0 atom stereocenters. The molecule has 0 spiro atoms. The number of hydrogen-bond acceptors (Lipinski definition) is 5. The zero-order valence-electron chi connectivity index (χ0n) is 16.0. The minimum atomic E-state index is -0.795. The van der Waals surface area contributed by atoms with Gasteiger partial charge in [0.25, 0.3) is 0 Å². The lowest BCUT2D eigenvalue weighted by Gasteiger charge is -2.20. The second kappa shape index (κ2) is 9.08. The Morgan fingerprint density at radius 3 is 2.21 bits per heavy atom. The van der Waals surface area contributed by atoms with E-state index in [1.807, 2.05) is 66.9 Å². The molecule has 0 aromatic carbocycles. The molecule has 0 radical (unpaired) electrons. The van der Waals surface area contributed by atoms with Crippen molar-refractivity contribution in [1.82, 2.24) is 4.90 Å². The maximum Gasteiger partial charge on any atom is 0.172 e. The third-order valence-corrected chi connectivity index (χ3v) is 4.06. The van der Waals surface area contributed by atoms with Crippen LogP contribution in [-0.2, 0) is 4.74 Å². The maximum absolute atomic E-state index is 9.47. The van der Waals surface area contributed by atoms with Crippen molar-refractivity contribution >= 4 is 0 Å². The van der Waals surface area contributed by atoms with E-state index >= 15 is 0 Å². The van der Waals surface area contributed by atoms with Crippen LogP contribution in [0.4, 0.5) is 0 Å². The molecule has 0 aromatic rings. The molecule has 0 bridgehead atoms. The molecule has 0 N–H and O–H groups in total. The van der Waals surface area contributed by atoms with E-state index in [4.69, 9.17) is 15.3 Å². The molecule has 0 saturated heterocycles. The molecule has 2 aliphatic heterocycles. The quantitative estimate of drug-likeness (QED) is 0.539. The van der Waals surface area contributed by atoms with Crippen LogP contribution in [0.5, 0.6) is 0 Å². The molecule has 0 unspecified atom stereocenters. The largest absolute Gasteiger partial charge is 0.480 e. The molecular weight excluding hydrogens is 348 g/mol. The van der Waals surface area contributed by atoms with Gasteiger partial charge in [-0.15, -0.1) is 0 Å². The Labute approximate surface area is 165 Å². The van der Waals surface area contributed by atoms with E-state index in [1.54, 1.807) is 38.1 Å². The summed E-state index contributed by atoms with van der Waals surface area (Å²) in [6.45, 7) is 3.59. The first-order chi connectivity index (χ1) is 13.4. The molecule has 0 amide bonds. The van der Waals surface area contributed by atoms with Gasteiger partial charge in [-0.2, -0.15) is 15.8 Å². The molecule has 138 valence electrons. The van der Waals surface area contributed by atoms with Gasteiger partial charge in [0.2, 0.25) is 0 Å². The standard InChI is InChI=1S/C23H20N4O/c1-23(2)21(20(17-26)22(28-23)19(15-24)16-25)10-8-6-4-5-7-9-18-11-13-27(3)14-12-18/h4-14H,1-3H3/b6-4+,7-5+,10-8+. The molecule has 2 aliphatic rings. The maximum atomic E-state index is 9.47. The van der Waals surface area contributed by atoms with Crippen LogP contribution in [0.15, 0.2) is 95.1 Å². The smallest absolute Gasteiger partial charge is 0.172 e. The van der Waals surface area contributed by atoms with Crippen molar-refractivity contribution in [2.75, 3.05) is 7.05 Å². The van der Waals surface area contributed by atoms with Crippen molar-refractivity contribution in [3.63, 3.8) is 0 Å². The van der Waals surface area contributed by atoms with Gasteiger partial charge in [-0.3, -0.25) is 0 Å². The Hall–Kier alpha value is -4.01. The SMILES string of the molecule is CN1C=CC(=C/C=C/C=C/C=C/C2=C(C#N)C(=C(C#N)C#N)OC2(C)C)C=C1. The monoisotopic (exact) mass is 368 g/mol. The topological polar surface area (TPSA) is 83.8 Å². The van der Waals surface area contributed by atoms with Gasteiger partial charge in [-0.1, -0.05) is 42.5 Å². The van der Waals surface area contributed by atoms with E-state index in [9.17, 15) is 5.26 Å². The van der Waals surface area contributed by atoms with Crippen LogP contribution in [0.3, 0.4) is 0 Å². The Kier molecular flexibility index (Phi) is 6.58. The summed E-state index contributed by atoms with van der Waals surface area (Å²) in [6.07, 6.45) is 21.1. The molecule has 2 heterocycles. The summed E-state index contributed by atoms with van der Waals surface area (Å²) in [5, 5.41) is 27.6. The number of hydrogen-bond donors (Lipinski definition) is 0. The summed E-state index contributed by atoms with van der Waals surface area (Å²) in [5.41, 5.74) is 0.962. The van der Waals surface area contributed by atoms with E-state index < -0.39 is 5.60 Å². The fraction of sp³-hybridized carbons (Fsp3) is 0.174. The van der Waals surface area contributed by atoms with Gasteiger partial charge < -0.3 is 9.64 Å². The van der Waals surface area contributed by atoms with Crippen LogP contribution < -0.4 is 0 Å². The lowest BCUT2D eigenvalue weighted by molar-refractivity contribution is 0.0954. The van der Waals surface area contributed by atoms with Crippen molar-refractivity contribution in [1.29, 1.82) is 15.8 Å².